The van der Waals surface area contributed by atoms with Crippen LogP contribution in [-0.2, 0) is 6.61 Å². The third-order valence-electron chi connectivity index (χ3n) is 5.14. The summed E-state index contributed by atoms with van der Waals surface area (Å²) in [5.74, 6) is 0.888. The fourth-order valence-electron chi connectivity index (χ4n) is 3.52. The van der Waals surface area contributed by atoms with E-state index in [9.17, 15) is 25.0 Å². The van der Waals surface area contributed by atoms with Crippen molar-refractivity contribution in [3.63, 3.8) is 0 Å². The van der Waals surface area contributed by atoms with E-state index in [0.717, 1.165) is 29.3 Å². The van der Waals surface area contributed by atoms with E-state index in [1.165, 1.54) is 0 Å². The first-order valence-electron chi connectivity index (χ1n) is 10.1. The molecule has 10 heteroatoms. The fraction of sp³-hybridized carbons (Fsp3) is 0.174. The number of nitro groups is 2. The molecule has 4 rings (SSSR count). The molecule has 0 aromatic heterocycles. The molecular weight excluding hydrogens is 446 g/mol. The van der Waals surface area contributed by atoms with Gasteiger partial charge in [-0.15, -0.1) is 11.8 Å². The van der Waals surface area contributed by atoms with Gasteiger partial charge in [0.05, 0.1) is 21.5 Å². The van der Waals surface area contributed by atoms with Crippen molar-refractivity contribution in [2.75, 3.05) is 12.3 Å². The Balaban J connectivity index is 1.51. The summed E-state index contributed by atoms with van der Waals surface area (Å²) in [5.41, 5.74) is 0.867. The van der Waals surface area contributed by atoms with Crippen molar-refractivity contribution in [3.8, 4) is 5.75 Å². The summed E-state index contributed by atoms with van der Waals surface area (Å²) < 4.78 is 5.81. The zero-order valence-corrected chi connectivity index (χ0v) is 18.1. The van der Waals surface area contributed by atoms with Crippen LogP contribution in [0.3, 0.4) is 0 Å². The number of benzene rings is 3. The Morgan fingerprint density at radius 3 is 2.21 bits per heavy atom. The lowest BCUT2D eigenvalue weighted by molar-refractivity contribution is -0.394. The molecular formula is C23H19N3O6S. The van der Waals surface area contributed by atoms with Crippen LogP contribution in [-0.4, -0.2) is 33.0 Å². The second-order valence-electron chi connectivity index (χ2n) is 7.32. The van der Waals surface area contributed by atoms with Crippen LogP contribution in [0.2, 0.25) is 0 Å². The summed E-state index contributed by atoms with van der Waals surface area (Å²) in [4.78, 5) is 35.6. The van der Waals surface area contributed by atoms with Gasteiger partial charge in [-0.05, 0) is 23.3 Å². The monoisotopic (exact) mass is 465 g/mol. The van der Waals surface area contributed by atoms with Crippen molar-refractivity contribution in [2.24, 2.45) is 0 Å². The first kappa shape index (κ1) is 22.3. The quantitative estimate of drug-likeness (QED) is 0.357. The van der Waals surface area contributed by atoms with E-state index in [4.69, 9.17) is 4.74 Å². The van der Waals surface area contributed by atoms with Gasteiger partial charge in [-0.25, -0.2) is 0 Å². The summed E-state index contributed by atoms with van der Waals surface area (Å²) in [6.45, 7) is 0.867. The third kappa shape index (κ3) is 5.12. The van der Waals surface area contributed by atoms with Gasteiger partial charge in [0.2, 0.25) is 0 Å². The molecule has 33 heavy (non-hydrogen) atoms. The molecule has 0 bridgehead atoms. The van der Waals surface area contributed by atoms with E-state index < -0.39 is 27.1 Å². The standard InChI is InChI=1S/C23H19N3O6S/c27-22(18-12-19(25(28)29)14-20(13-18)26(30)31)24-10-11-33-23(24)17-6-8-21(9-7-17)32-15-16-4-2-1-3-5-16/h1-9,12-14,23H,10-11,15H2. The number of ether oxygens (including phenoxy) is 1. The Morgan fingerprint density at radius 1 is 0.970 bits per heavy atom. The predicted octanol–water partition coefficient (Wildman–Crippen LogP) is 4.97. The number of carbonyl (C=O) groups excluding carboxylic acids is 1. The highest BCUT2D eigenvalue weighted by Crippen LogP contribution is 2.39. The molecule has 1 saturated heterocycles. The van der Waals surface area contributed by atoms with E-state index in [1.807, 2.05) is 54.6 Å². The maximum Gasteiger partial charge on any atom is 0.277 e. The number of amides is 1. The molecule has 0 radical (unpaired) electrons. The fourth-order valence-corrected chi connectivity index (χ4v) is 4.78. The molecule has 0 aliphatic carbocycles. The number of nitro benzene ring substituents is 2. The van der Waals surface area contributed by atoms with E-state index in [2.05, 4.69) is 0 Å². The van der Waals surface area contributed by atoms with Gasteiger partial charge in [0.25, 0.3) is 17.3 Å². The van der Waals surface area contributed by atoms with Crippen LogP contribution in [0.5, 0.6) is 5.75 Å². The summed E-state index contributed by atoms with van der Waals surface area (Å²) in [7, 11) is 0. The van der Waals surface area contributed by atoms with Crippen LogP contribution in [0.15, 0.2) is 72.8 Å². The second kappa shape index (κ2) is 9.70. The van der Waals surface area contributed by atoms with Crippen molar-refractivity contribution in [2.45, 2.75) is 12.0 Å². The Hall–Kier alpha value is -3.92. The molecule has 9 nitrogen and oxygen atoms in total. The van der Waals surface area contributed by atoms with E-state index >= 15 is 0 Å². The molecule has 1 amide bonds. The summed E-state index contributed by atoms with van der Waals surface area (Å²) >= 11 is 1.56. The number of nitrogens with zero attached hydrogens (tertiary/aromatic N) is 3. The highest BCUT2D eigenvalue weighted by atomic mass is 32.2. The molecule has 1 unspecified atom stereocenters. The minimum Gasteiger partial charge on any atom is -0.489 e. The Labute approximate surface area is 193 Å². The average Bonchev–Trinajstić information content (AvgIpc) is 3.33. The molecule has 0 spiro atoms. The molecule has 1 aliphatic rings. The smallest absolute Gasteiger partial charge is 0.277 e. The molecule has 168 valence electrons. The largest absolute Gasteiger partial charge is 0.489 e. The van der Waals surface area contributed by atoms with Crippen LogP contribution >= 0.6 is 11.8 Å². The lowest BCUT2D eigenvalue weighted by Gasteiger charge is -2.24. The zero-order valence-electron chi connectivity index (χ0n) is 17.3. The first-order valence-corrected chi connectivity index (χ1v) is 11.1. The Bertz CT molecular complexity index is 1150. The number of hydrogen-bond donors (Lipinski definition) is 0. The molecule has 3 aromatic carbocycles. The summed E-state index contributed by atoms with van der Waals surface area (Å²) in [5, 5.41) is 22.0. The van der Waals surface area contributed by atoms with Crippen LogP contribution in [0.1, 0.15) is 26.9 Å². The van der Waals surface area contributed by atoms with E-state index in [1.54, 1.807) is 16.7 Å². The minimum atomic E-state index is -0.742. The molecule has 1 aliphatic heterocycles. The molecule has 3 aromatic rings. The van der Waals surface area contributed by atoms with Crippen molar-refractivity contribution >= 4 is 29.0 Å². The average molecular weight is 465 g/mol. The lowest BCUT2D eigenvalue weighted by Crippen LogP contribution is -2.30. The van der Waals surface area contributed by atoms with Gasteiger partial charge in [-0.3, -0.25) is 25.0 Å². The molecule has 0 saturated carbocycles. The predicted molar refractivity (Wildman–Crippen MR) is 123 cm³/mol. The highest BCUT2D eigenvalue weighted by molar-refractivity contribution is 7.99. The normalized spacial score (nSPS) is 15.3. The maximum absolute atomic E-state index is 13.1. The van der Waals surface area contributed by atoms with Crippen LogP contribution in [0, 0.1) is 20.2 Å². The molecule has 1 heterocycles. The SMILES string of the molecule is O=C(c1cc([N+](=O)[O-])cc([N+](=O)[O-])c1)N1CCSC1c1ccc(OCc2ccccc2)cc1. The van der Waals surface area contributed by atoms with Crippen LogP contribution in [0.25, 0.3) is 0 Å². The molecule has 1 atom stereocenters. The number of rotatable bonds is 7. The second-order valence-corrected chi connectivity index (χ2v) is 8.51. The Kier molecular flexibility index (Phi) is 6.55. The van der Waals surface area contributed by atoms with E-state index in [-0.39, 0.29) is 10.9 Å². The highest BCUT2D eigenvalue weighted by Gasteiger charge is 2.33. The topological polar surface area (TPSA) is 116 Å². The lowest BCUT2D eigenvalue weighted by atomic mass is 10.1. The van der Waals surface area contributed by atoms with Gasteiger partial charge in [0.15, 0.2) is 0 Å². The van der Waals surface area contributed by atoms with Crippen molar-refractivity contribution in [1.82, 2.24) is 4.90 Å². The Morgan fingerprint density at radius 2 is 1.61 bits per heavy atom. The number of thioether (sulfide) groups is 1. The first-order chi connectivity index (χ1) is 15.9. The molecule has 0 N–H and O–H groups in total. The van der Waals surface area contributed by atoms with Gasteiger partial charge in [-0.2, -0.15) is 0 Å². The van der Waals surface area contributed by atoms with Gasteiger partial charge < -0.3 is 9.64 Å². The van der Waals surface area contributed by atoms with Gasteiger partial charge in [0.1, 0.15) is 17.7 Å². The van der Waals surface area contributed by atoms with Crippen molar-refractivity contribution < 1.29 is 19.4 Å². The van der Waals surface area contributed by atoms with Crippen molar-refractivity contribution in [3.05, 3.63) is 110 Å². The number of carbonyl (C=O) groups is 1. The van der Waals surface area contributed by atoms with Gasteiger partial charge in [-0.1, -0.05) is 42.5 Å². The zero-order chi connectivity index (χ0) is 23.4. The van der Waals surface area contributed by atoms with Crippen LogP contribution in [0.4, 0.5) is 11.4 Å². The molecule has 1 fully saturated rings. The van der Waals surface area contributed by atoms with Crippen molar-refractivity contribution in [1.29, 1.82) is 0 Å². The number of hydrogen-bond acceptors (Lipinski definition) is 7. The van der Waals surface area contributed by atoms with E-state index in [0.29, 0.717) is 24.7 Å². The number of non-ortho nitro benzene ring substituents is 2. The maximum atomic E-state index is 13.1. The van der Waals surface area contributed by atoms with Gasteiger partial charge >= 0.3 is 0 Å². The summed E-state index contributed by atoms with van der Waals surface area (Å²) in [6.07, 6.45) is 0. The van der Waals surface area contributed by atoms with Crippen LogP contribution < -0.4 is 4.74 Å². The minimum absolute atomic E-state index is 0.0776. The third-order valence-corrected chi connectivity index (χ3v) is 6.40. The van der Waals surface area contributed by atoms with Gasteiger partial charge in [0, 0.05) is 24.4 Å². The summed E-state index contributed by atoms with van der Waals surface area (Å²) in [6, 6.07) is 20.2.